The highest BCUT2D eigenvalue weighted by atomic mass is 19.4. The largest absolute Gasteiger partial charge is 0.427 e. The van der Waals surface area contributed by atoms with Crippen LogP contribution in [0.5, 0.6) is 0 Å². The van der Waals surface area contributed by atoms with E-state index in [9.17, 15) is 18.0 Å². The molecule has 2 aromatic rings. The second kappa shape index (κ2) is 8.93. The number of unbranched alkanes of at least 4 members (excludes halogenated alkanes) is 3. The SMILES string of the molecule is CCCCCCn1oc(=O)c(C(F)(F)F)c1N(Cc1ccccc1)OC. The first kappa shape index (κ1) is 20.1. The number of aromatic nitrogens is 1. The summed E-state index contributed by atoms with van der Waals surface area (Å²) in [5, 5.41) is 1.04. The van der Waals surface area contributed by atoms with Crippen molar-refractivity contribution in [1.82, 2.24) is 4.74 Å². The lowest BCUT2D eigenvalue weighted by Crippen LogP contribution is -2.28. The zero-order chi connectivity index (χ0) is 19.2. The molecule has 0 saturated heterocycles. The van der Waals surface area contributed by atoms with Gasteiger partial charge in [0.2, 0.25) is 0 Å². The highest BCUT2D eigenvalue weighted by Crippen LogP contribution is 2.35. The number of benzene rings is 1. The Morgan fingerprint density at radius 2 is 1.85 bits per heavy atom. The third-order valence-electron chi connectivity index (χ3n) is 3.98. The standard InChI is InChI=1S/C18H23F3N2O3/c1-3-4-5-9-12-22-16(15(17(24)26-22)18(19,20)21)23(25-2)13-14-10-7-6-8-11-14/h6-8,10-11H,3-5,9,12-13H2,1-2H3. The molecule has 2 rings (SSSR count). The molecule has 0 bridgehead atoms. The Morgan fingerprint density at radius 3 is 2.42 bits per heavy atom. The molecule has 0 unspecified atom stereocenters. The number of hydrogen-bond acceptors (Lipinski definition) is 4. The van der Waals surface area contributed by atoms with Gasteiger partial charge in [0.25, 0.3) is 0 Å². The molecule has 1 heterocycles. The third-order valence-corrected chi connectivity index (χ3v) is 3.98. The Balaban J connectivity index is 2.39. The predicted molar refractivity (Wildman–Crippen MR) is 91.7 cm³/mol. The number of aryl methyl sites for hydroxylation is 1. The summed E-state index contributed by atoms with van der Waals surface area (Å²) in [6, 6.07) is 8.90. The van der Waals surface area contributed by atoms with Gasteiger partial charge in [-0.2, -0.15) is 17.9 Å². The quantitative estimate of drug-likeness (QED) is 0.476. The van der Waals surface area contributed by atoms with Crippen LogP contribution in [0.1, 0.15) is 43.7 Å². The van der Waals surface area contributed by atoms with Crippen molar-refractivity contribution in [3.05, 3.63) is 51.9 Å². The average Bonchev–Trinajstić information content (AvgIpc) is 2.94. The van der Waals surface area contributed by atoms with Crippen molar-refractivity contribution in [3.63, 3.8) is 0 Å². The minimum absolute atomic E-state index is 0.0500. The van der Waals surface area contributed by atoms with Gasteiger partial charge in [-0.05, 0) is 12.0 Å². The van der Waals surface area contributed by atoms with E-state index in [1.807, 2.05) is 13.0 Å². The average molecular weight is 372 g/mol. The molecule has 0 aliphatic carbocycles. The summed E-state index contributed by atoms with van der Waals surface area (Å²) in [6.07, 6.45) is -1.43. The van der Waals surface area contributed by atoms with Gasteiger partial charge in [-0.25, -0.2) is 9.86 Å². The van der Waals surface area contributed by atoms with Crippen LogP contribution in [0.2, 0.25) is 0 Å². The Hall–Kier alpha value is -2.22. The maximum absolute atomic E-state index is 13.4. The number of halogens is 3. The number of hydroxylamine groups is 1. The van der Waals surface area contributed by atoms with Crippen LogP contribution in [0.15, 0.2) is 39.6 Å². The predicted octanol–water partition coefficient (Wildman–Crippen LogP) is 4.61. The van der Waals surface area contributed by atoms with Crippen LogP contribution in [0.25, 0.3) is 0 Å². The maximum Gasteiger partial charge on any atom is 0.427 e. The van der Waals surface area contributed by atoms with Crippen LogP contribution < -0.4 is 10.7 Å². The minimum Gasteiger partial charge on any atom is -0.334 e. The van der Waals surface area contributed by atoms with Gasteiger partial charge >= 0.3 is 11.8 Å². The van der Waals surface area contributed by atoms with Crippen LogP contribution in [0.3, 0.4) is 0 Å². The molecule has 1 aromatic heterocycles. The Bertz CT molecular complexity index is 738. The second-order valence-corrected chi connectivity index (χ2v) is 5.94. The fourth-order valence-electron chi connectivity index (χ4n) is 2.71. The molecule has 144 valence electrons. The zero-order valence-corrected chi connectivity index (χ0v) is 14.9. The molecule has 0 atom stereocenters. The highest BCUT2D eigenvalue weighted by Gasteiger charge is 2.43. The van der Waals surface area contributed by atoms with E-state index in [4.69, 9.17) is 9.36 Å². The Labute approximate surface area is 149 Å². The molecule has 0 radical (unpaired) electrons. The lowest BCUT2D eigenvalue weighted by molar-refractivity contribution is -0.138. The van der Waals surface area contributed by atoms with Gasteiger partial charge in [0.15, 0.2) is 11.4 Å². The summed E-state index contributed by atoms with van der Waals surface area (Å²) in [4.78, 5) is 17.1. The normalized spacial score (nSPS) is 11.7. The van der Waals surface area contributed by atoms with E-state index >= 15 is 0 Å². The van der Waals surface area contributed by atoms with Crippen LogP contribution in [0, 0.1) is 0 Å². The molecule has 0 aliphatic rings. The summed E-state index contributed by atoms with van der Waals surface area (Å²) in [5.41, 5.74) is -2.00. The van der Waals surface area contributed by atoms with E-state index < -0.39 is 23.2 Å². The van der Waals surface area contributed by atoms with Gasteiger partial charge in [-0.1, -0.05) is 56.5 Å². The van der Waals surface area contributed by atoms with Crippen molar-refractivity contribution in [1.29, 1.82) is 0 Å². The topological polar surface area (TPSA) is 47.6 Å². The highest BCUT2D eigenvalue weighted by molar-refractivity contribution is 5.46. The molecule has 5 nitrogen and oxygen atoms in total. The van der Waals surface area contributed by atoms with Gasteiger partial charge in [-0.15, -0.1) is 0 Å². The molecule has 0 aliphatic heterocycles. The minimum atomic E-state index is -4.84. The van der Waals surface area contributed by atoms with E-state index in [1.54, 1.807) is 24.3 Å². The van der Waals surface area contributed by atoms with E-state index in [0.717, 1.165) is 34.6 Å². The molecule has 1 aromatic carbocycles. The van der Waals surface area contributed by atoms with E-state index in [2.05, 4.69) is 0 Å². The van der Waals surface area contributed by atoms with Crippen molar-refractivity contribution >= 4 is 5.82 Å². The smallest absolute Gasteiger partial charge is 0.334 e. The van der Waals surface area contributed by atoms with Crippen LogP contribution >= 0.6 is 0 Å². The zero-order valence-electron chi connectivity index (χ0n) is 14.9. The van der Waals surface area contributed by atoms with Crippen molar-refractivity contribution in [2.75, 3.05) is 12.2 Å². The summed E-state index contributed by atoms with van der Waals surface area (Å²) in [7, 11) is 1.27. The first-order chi connectivity index (χ1) is 12.4. The van der Waals surface area contributed by atoms with Crippen LogP contribution in [-0.2, 0) is 24.1 Å². The first-order valence-electron chi connectivity index (χ1n) is 8.55. The summed E-state index contributed by atoms with van der Waals surface area (Å²) in [6.45, 7) is 2.26. The first-order valence-corrected chi connectivity index (χ1v) is 8.55. The van der Waals surface area contributed by atoms with Gasteiger partial charge < -0.3 is 4.52 Å². The summed E-state index contributed by atoms with van der Waals surface area (Å²) in [5.74, 6) is -0.398. The number of rotatable bonds is 9. The van der Waals surface area contributed by atoms with E-state index in [0.29, 0.717) is 6.42 Å². The molecule has 0 saturated carbocycles. The number of anilines is 1. The van der Waals surface area contributed by atoms with Crippen molar-refractivity contribution in [3.8, 4) is 0 Å². The molecular weight excluding hydrogens is 349 g/mol. The molecule has 0 spiro atoms. The third kappa shape index (κ3) is 4.91. The van der Waals surface area contributed by atoms with Crippen molar-refractivity contribution < 1.29 is 22.5 Å². The van der Waals surface area contributed by atoms with E-state index in [-0.39, 0.29) is 13.1 Å². The second-order valence-electron chi connectivity index (χ2n) is 5.94. The number of alkyl halides is 3. The molecule has 0 N–H and O–H groups in total. The van der Waals surface area contributed by atoms with Gasteiger partial charge in [0, 0.05) is 0 Å². The van der Waals surface area contributed by atoms with Crippen molar-refractivity contribution in [2.24, 2.45) is 0 Å². The Morgan fingerprint density at radius 1 is 1.15 bits per heavy atom. The van der Waals surface area contributed by atoms with Crippen molar-refractivity contribution in [2.45, 2.75) is 51.9 Å². The van der Waals surface area contributed by atoms with E-state index in [1.165, 1.54) is 7.11 Å². The summed E-state index contributed by atoms with van der Waals surface area (Å²) >= 11 is 0. The molecular formula is C18H23F3N2O3. The number of hydrogen-bond donors (Lipinski definition) is 0. The fourth-order valence-corrected chi connectivity index (χ4v) is 2.71. The van der Waals surface area contributed by atoms with Crippen LogP contribution in [0.4, 0.5) is 19.0 Å². The molecule has 8 heteroatoms. The monoisotopic (exact) mass is 372 g/mol. The molecule has 0 fully saturated rings. The lowest BCUT2D eigenvalue weighted by atomic mass is 10.2. The number of nitrogens with zero attached hydrogens (tertiary/aromatic N) is 2. The van der Waals surface area contributed by atoms with Gasteiger partial charge in [0.1, 0.15) is 0 Å². The maximum atomic E-state index is 13.4. The summed E-state index contributed by atoms with van der Waals surface area (Å²) < 4.78 is 46.2. The Kier molecular flexibility index (Phi) is 6.90. The molecule has 26 heavy (non-hydrogen) atoms. The van der Waals surface area contributed by atoms with Gasteiger partial charge in [-0.3, -0.25) is 4.84 Å². The molecule has 0 amide bonds. The lowest BCUT2D eigenvalue weighted by Gasteiger charge is -2.23. The van der Waals surface area contributed by atoms with Gasteiger partial charge in [0.05, 0.1) is 20.2 Å². The van der Waals surface area contributed by atoms with Crippen LogP contribution in [-0.4, -0.2) is 11.8 Å². The fraction of sp³-hybridized carbons (Fsp3) is 0.500.